The lowest BCUT2D eigenvalue weighted by atomic mass is 10.3. The summed E-state index contributed by atoms with van der Waals surface area (Å²) in [6, 6.07) is 1.93. The molecule has 2 aromatic rings. The van der Waals surface area contributed by atoms with Gasteiger partial charge in [-0.3, -0.25) is 4.79 Å². The highest BCUT2D eigenvalue weighted by atomic mass is 32.2. The van der Waals surface area contributed by atoms with Crippen molar-refractivity contribution in [2.24, 2.45) is 0 Å². The average Bonchev–Trinajstić information content (AvgIpc) is 3.07. The number of aromatic nitrogens is 3. The molecule has 2 rings (SSSR count). The summed E-state index contributed by atoms with van der Waals surface area (Å²) in [5, 5.41) is 12.1. The minimum atomic E-state index is -0.461. The molecule has 0 saturated carbocycles. The van der Waals surface area contributed by atoms with Crippen molar-refractivity contribution < 1.29 is 14.3 Å². The van der Waals surface area contributed by atoms with Crippen LogP contribution in [-0.2, 0) is 9.53 Å². The molecule has 0 aromatic carbocycles. The lowest BCUT2D eigenvalue weighted by Gasteiger charge is -2.11. The largest absolute Gasteiger partial charge is 0.465 e. The number of aryl methyl sites for hydroxylation is 2. The third-order valence-electron chi connectivity index (χ3n) is 3.20. The summed E-state index contributed by atoms with van der Waals surface area (Å²) in [6.45, 7) is 7.83. The van der Waals surface area contributed by atoms with Crippen molar-refractivity contribution in [1.29, 1.82) is 0 Å². The molecule has 0 aliphatic heterocycles. The second-order valence-electron chi connectivity index (χ2n) is 5.42. The Hall–Kier alpha value is -1.87. The number of rotatable bonds is 6. The molecule has 0 saturated heterocycles. The molecule has 1 amide bonds. The lowest BCUT2D eigenvalue weighted by Crippen LogP contribution is -2.16. The van der Waals surface area contributed by atoms with Gasteiger partial charge in [0.25, 0.3) is 0 Å². The molecule has 0 aliphatic rings. The maximum Gasteiger partial charge on any atom is 0.340 e. The van der Waals surface area contributed by atoms with Gasteiger partial charge in [-0.25, -0.2) is 4.79 Å². The number of hydrogen-bond donors (Lipinski definition) is 1. The van der Waals surface area contributed by atoms with Gasteiger partial charge >= 0.3 is 5.97 Å². The van der Waals surface area contributed by atoms with Crippen molar-refractivity contribution in [3.05, 3.63) is 22.3 Å². The molecule has 9 heteroatoms. The minimum absolute atomic E-state index is 0.183. The Kier molecular flexibility index (Phi) is 6.00. The molecule has 0 bridgehead atoms. The van der Waals surface area contributed by atoms with Crippen molar-refractivity contribution >= 4 is 40.0 Å². The number of hydrogen-bond acceptors (Lipinski definition) is 7. The predicted molar refractivity (Wildman–Crippen MR) is 94.9 cm³/mol. The van der Waals surface area contributed by atoms with Gasteiger partial charge in [-0.2, -0.15) is 0 Å². The summed E-state index contributed by atoms with van der Waals surface area (Å²) in [6.07, 6.45) is 0. The zero-order chi connectivity index (χ0) is 17.9. The molecule has 2 heterocycles. The SMILES string of the molecule is COC(=O)c1cc(C)sc1NC(=O)CSc1nnc(C)n1C(C)C. The van der Waals surface area contributed by atoms with E-state index in [1.165, 1.54) is 30.2 Å². The molecule has 0 spiro atoms. The van der Waals surface area contributed by atoms with Crippen molar-refractivity contribution in [2.45, 2.75) is 38.9 Å². The van der Waals surface area contributed by atoms with Gasteiger partial charge in [0.05, 0.1) is 18.4 Å². The molecule has 0 aliphatic carbocycles. The number of ether oxygens (including phenoxy) is 1. The molecule has 130 valence electrons. The van der Waals surface area contributed by atoms with Gasteiger partial charge in [-0.1, -0.05) is 11.8 Å². The highest BCUT2D eigenvalue weighted by Gasteiger charge is 2.18. The first kappa shape index (κ1) is 18.5. The number of carbonyl (C=O) groups excluding carboxylic acids is 2. The van der Waals surface area contributed by atoms with E-state index >= 15 is 0 Å². The van der Waals surface area contributed by atoms with Crippen molar-refractivity contribution in [1.82, 2.24) is 14.8 Å². The van der Waals surface area contributed by atoms with E-state index < -0.39 is 5.97 Å². The van der Waals surface area contributed by atoms with Gasteiger partial charge in [0, 0.05) is 10.9 Å². The van der Waals surface area contributed by atoms with Gasteiger partial charge in [0.2, 0.25) is 5.91 Å². The third kappa shape index (κ3) is 4.15. The maximum absolute atomic E-state index is 12.2. The summed E-state index contributed by atoms with van der Waals surface area (Å²) in [5.74, 6) is 0.331. The fraction of sp³-hybridized carbons (Fsp3) is 0.467. The first-order valence-electron chi connectivity index (χ1n) is 7.36. The van der Waals surface area contributed by atoms with Crippen LogP contribution in [0.5, 0.6) is 0 Å². The van der Waals surface area contributed by atoms with Crippen molar-refractivity contribution in [2.75, 3.05) is 18.2 Å². The van der Waals surface area contributed by atoms with E-state index in [4.69, 9.17) is 4.74 Å². The zero-order valence-corrected chi connectivity index (χ0v) is 15.9. The molecule has 0 atom stereocenters. The topological polar surface area (TPSA) is 86.1 Å². The van der Waals surface area contributed by atoms with E-state index in [0.29, 0.717) is 15.7 Å². The standard InChI is InChI=1S/C15H20N4O3S2/c1-8(2)19-10(4)17-18-15(19)23-7-12(20)16-13-11(14(21)22-5)6-9(3)24-13/h6,8H,7H2,1-5H3,(H,16,20). The van der Waals surface area contributed by atoms with Crippen LogP contribution in [0.2, 0.25) is 0 Å². The van der Waals surface area contributed by atoms with Crippen LogP contribution in [-0.4, -0.2) is 39.5 Å². The Bertz CT molecular complexity index is 752. The highest BCUT2D eigenvalue weighted by molar-refractivity contribution is 7.99. The molecule has 24 heavy (non-hydrogen) atoms. The number of methoxy groups -OCH3 is 1. The number of amides is 1. The molecule has 7 nitrogen and oxygen atoms in total. The number of carbonyl (C=O) groups is 2. The normalized spacial score (nSPS) is 10.9. The number of thiophene rings is 1. The monoisotopic (exact) mass is 368 g/mol. The first-order valence-corrected chi connectivity index (χ1v) is 9.16. The Morgan fingerprint density at radius 2 is 2.08 bits per heavy atom. The Labute approximate surface area is 148 Å². The van der Waals surface area contributed by atoms with Gasteiger partial charge in [0.15, 0.2) is 5.16 Å². The summed E-state index contributed by atoms with van der Waals surface area (Å²) in [4.78, 5) is 24.9. The molecule has 0 fully saturated rings. The van der Waals surface area contributed by atoms with Crippen LogP contribution in [0.15, 0.2) is 11.2 Å². The van der Waals surface area contributed by atoms with Crippen LogP contribution in [0.25, 0.3) is 0 Å². The lowest BCUT2D eigenvalue weighted by molar-refractivity contribution is -0.113. The first-order chi connectivity index (χ1) is 11.3. The van der Waals surface area contributed by atoms with Gasteiger partial charge in [0.1, 0.15) is 10.8 Å². The second kappa shape index (κ2) is 7.80. The molecule has 0 radical (unpaired) electrons. The van der Waals surface area contributed by atoms with Crippen LogP contribution < -0.4 is 5.32 Å². The number of nitrogens with zero attached hydrogens (tertiary/aromatic N) is 3. The van der Waals surface area contributed by atoms with Crippen molar-refractivity contribution in [3.63, 3.8) is 0 Å². The van der Waals surface area contributed by atoms with Crippen molar-refractivity contribution in [3.8, 4) is 0 Å². The number of nitrogens with one attached hydrogen (secondary N) is 1. The van der Waals surface area contributed by atoms with E-state index in [1.54, 1.807) is 6.07 Å². The second-order valence-corrected chi connectivity index (χ2v) is 7.62. The summed E-state index contributed by atoms with van der Waals surface area (Å²) in [5.41, 5.74) is 0.375. The number of thioether (sulfide) groups is 1. The quantitative estimate of drug-likeness (QED) is 0.623. The third-order valence-corrected chi connectivity index (χ3v) is 5.11. The van der Waals surface area contributed by atoms with Gasteiger partial charge in [-0.05, 0) is 33.8 Å². The molecule has 1 N–H and O–H groups in total. The fourth-order valence-corrected chi connectivity index (χ4v) is 4.03. The highest BCUT2D eigenvalue weighted by Crippen LogP contribution is 2.29. The maximum atomic E-state index is 12.2. The Morgan fingerprint density at radius 1 is 1.38 bits per heavy atom. The predicted octanol–water partition coefficient (Wildman–Crippen LogP) is 3.05. The fourth-order valence-electron chi connectivity index (χ4n) is 2.20. The van der Waals surface area contributed by atoms with Crippen LogP contribution in [0, 0.1) is 13.8 Å². The Balaban J connectivity index is 2.04. The van der Waals surface area contributed by atoms with Crippen LogP contribution in [0.1, 0.15) is 40.9 Å². The molecular formula is C15H20N4O3S2. The smallest absolute Gasteiger partial charge is 0.340 e. The van der Waals surface area contributed by atoms with E-state index in [9.17, 15) is 9.59 Å². The van der Waals surface area contributed by atoms with E-state index in [1.807, 2.05) is 32.3 Å². The summed E-state index contributed by atoms with van der Waals surface area (Å²) >= 11 is 2.66. The number of esters is 1. The van der Waals surface area contributed by atoms with Crippen LogP contribution >= 0.6 is 23.1 Å². The summed E-state index contributed by atoms with van der Waals surface area (Å²) < 4.78 is 6.71. The van der Waals surface area contributed by atoms with Gasteiger partial charge in [-0.15, -0.1) is 21.5 Å². The number of anilines is 1. The molecular weight excluding hydrogens is 348 g/mol. The van der Waals surface area contributed by atoms with Crippen LogP contribution in [0.4, 0.5) is 5.00 Å². The van der Waals surface area contributed by atoms with E-state index in [0.717, 1.165) is 10.7 Å². The Morgan fingerprint density at radius 3 is 2.71 bits per heavy atom. The average molecular weight is 368 g/mol. The van der Waals surface area contributed by atoms with E-state index in [2.05, 4.69) is 15.5 Å². The zero-order valence-electron chi connectivity index (χ0n) is 14.2. The van der Waals surface area contributed by atoms with E-state index in [-0.39, 0.29) is 17.7 Å². The van der Waals surface area contributed by atoms with Crippen LogP contribution in [0.3, 0.4) is 0 Å². The molecule has 2 aromatic heterocycles. The van der Waals surface area contributed by atoms with Gasteiger partial charge < -0.3 is 14.6 Å². The minimum Gasteiger partial charge on any atom is -0.465 e. The summed E-state index contributed by atoms with van der Waals surface area (Å²) in [7, 11) is 1.32. The molecule has 0 unspecified atom stereocenters.